The molecule has 1 atom stereocenters. The van der Waals surface area contributed by atoms with Crippen LogP contribution in [0.3, 0.4) is 0 Å². The molecular weight excluding hydrogens is 484 g/mol. The van der Waals surface area contributed by atoms with E-state index in [1.807, 2.05) is 12.1 Å². The maximum absolute atomic E-state index is 9.88. The van der Waals surface area contributed by atoms with Gasteiger partial charge in [-0.2, -0.15) is 0 Å². The molecule has 39 heavy (non-hydrogen) atoms. The second kappa shape index (κ2) is 13.3. The van der Waals surface area contributed by atoms with Gasteiger partial charge in [0.1, 0.15) is 23.9 Å². The van der Waals surface area contributed by atoms with Gasteiger partial charge in [0.15, 0.2) is 0 Å². The van der Waals surface area contributed by atoms with Gasteiger partial charge in [-0.1, -0.05) is 43.5 Å². The van der Waals surface area contributed by atoms with Crippen LogP contribution >= 0.6 is 0 Å². The van der Waals surface area contributed by atoms with Gasteiger partial charge in [-0.25, -0.2) is 0 Å². The van der Waals surface area contributed by atoms with Crippen molar-refractivity contribution in [2.45, 2.75) is 63.8 Å². The van der Waals surface area contributed by atoms with Crippen LogP contribution in [-0.2, 0) is 19.4 Å². The summed E-state index contributed by atoms with van der Waals surface area (Å²) in [6, 6.07) is 20.8. The molecular formula is C34H44N2O3. The predicted molar refractivity (Wildman–Crippen MR) is 159 cm³/mol. The van der Waals surface area contributed by atoms with Crippen LogP contribution in [0.5, 0.6) is 17.2 Å². The lowest BCUT2D eigenvalue weighted by molar-refractivity contribution is 0.294. The van der Waals surface area contributed by atoms with E-state index in [-0.39, 0.29) is 0 Å². The van der Waals surface area contributed by atoms with Gasteiger partial charge >= 0.3 is 0 Å². The second-order valence-electron chi connectivity index (χ2n) is 11.4. The molecule has 2 N–H and O–H groups in total. The standard InChI is InChI=1S/C34H44N2O3/c1-36(24-26-8-14-31(15-9-26)39-19-18-35-23-25-6-4-3-5-7-25)34-22-32(38-2)16-17-33(34)29-11-10-28-21-30(37)13-12-27(28)20-29/h8-9,12-17,21-22,25,29,35,37H,3-7,10-11,18-20,23-24H2,1-2H3. The monoisotopic (exact) mass is 528 g/mol. The average molecular weight is 529 g/mol. The molecule has 5 nitrogen and oxygen atoms in total. The molecule has 0 spiro atoms. The van der Waals surface area contributed by atoms with Crippen LogP contribution in [0.2, 0.25) is 0 Å². The normalized spacial score (nSPS) is 17.4. The van der Waals surface area contributed by atoms with Crippen molar-refractivity contribution >= 4 is 5.69 Å². The Balaban J connectivity index is 1.17. The van der Waals surface area contributed by atoms with Gasteiger partial charge < -0.3 is 24.8 Å². The Morgan fingerprint density at radius 2 is 1.69 bits per heavy atom. The highest BCUT2D eigenvalue weighted by molar-refractivity contribution is 5.59. The van der Waals surface area contributed by atoms with Crippen LogP contribution < -0.4 is 19.7 Å². The van der Waals surface area contributed by atoms with Crippen LogP contribution in [0.1, 0.15) is 66.7 Å². The highest BCUT2D eigenvalue weighted by atomic mass is 16.5. The SMILES string of the molecule is COc1ccc(C2CCc3cc(O)ccc3C2)c(N(C)Cc2ccc(OCCNCC3CCCCC3)cc2)c1. The summed E-state index contributed by atoms with van der Waals surface area (Å²) in [7, 11) is 3.89. The molecule has 0 aromatic heterocycles. The number of anilines is 1. The number of benzene rings is 3. The van der Waals surface area contributed by atoms with Crippen LogP contribution in [0.15, 0.2) is 60.7 Å². The number of phenolic OH excluding ortho intramolecular Hbond substituents is 1. The summed E-state index contributed by atoms with van der Waals surface area (Å²) in [4.78, 5) is 2.33. The Morgan fingerprint density at radius 3 is 2.49 bits per heavy atom. The van der Waals surface area contributed by atoms with E-state index in [9.17, 15) is 5.11 Å². The van der Waals surface area contributed by atoms with Gasteiger partial charge in [-0.3, -0.25) is 0 Å². The lowest BCUT2D eigenvalue weighted by Gasteiger charge is -2.30. The van der Waals surface area contributed by atoms with Crippen molar-refractivity contribution in [3.63, 3.8) is 0 Å². The fourth-order valence-electron chi connectivity index (χ4n) is 6.32. The number of nitrogens with zero attached hydrogens (tertiary/aromatic N) is 1. The molecule has 2 aliphatic carbocycles. The molecule has 1 unspecified atom stereocenters. The van der Waals surface area contributed by atoms with Crippen LogP contribution in [-0.4, -0.2) is 39.0 Å². The highest BCUT2D eigenvalue weighted by Crippen LogP contribution is 2.39. The fraction of sp³-hybridized carbons (Fsp3) is 0.471. The zero-order valence-corrected chi connectivity index (χ0v) is 23.6. The Kier molecular flexibility index (Phi) is 9.31. The Labute approximate surface area is 234 Å². The van der Waals surface area contributed by atoms with Gasteiger partial charge in [0, 0.05) is 31.9 Å². The molecule has 1 saturated carbocycles. The molecule has 0 saturated heterocycles. The number of rotatable bonds is 11. The molecule has 3 aromatic rings. The largest absolute Gasteiger partial charge is 0.508 e. The van der Waals surface area contributed by atoms with Gasteiger partial charge in [0.25, 0.3) is 0 Å². The van der Waals surface area contributed by atoms with Crippen molar-refractivity contribution in [1.29, 1.82) is 0 Å². The quantitative estimate of drug-likeness (QED) is 0.266. The van der Waals surface area contributed by atoms with Crippen molar-refractivity contribution < 1.29 is 14.6 Å². The third-order valence-electron chi connectivity index (χ3n) is 8.56. The van der Waals surface area contributed by atoms with Crippen LogP contribution in [0, 0.1) is 5.92 Å². The molecule has 208 valence electrons. The number of ether oxygens (including phenoxy) is 2. The first-order valence-electron chi connectivity index (χ1n) is 14.7. The van der Waals surface area contributed by atoms with E-state index in [1.165, 1.54) is 60.0 Å². The molecule has 3 aromatic carbocycles. The average Bonchev–Trinajstić information content (AvgIpc) is 2.97. The van der Waals surface area contributed by atoms with E-state index in [0.29, 0.717) is 18.3 Å². The molecule has 0 radical (unpaired) electrons. The van der Waals surface area contributed by atoms with Crippen molar-refractivity contribution in [3.05, 3.63) is 82.9 Å². The minimum atomic E-state index is 0.361. The van der Waals surface area contributed by atoms with Gasteiger partial charge in [-0.05, 0) is 103 Å². The maximum atomic E-state index is 9.88. The van der Waals surface area contributed by atoms with E-state index in [1.54, 1.807) is 7.11 Å². The first-order valence-corrected chi connectivity index (χ1v) is 14.7. The van der Waals surface area contributed by atoms with Crippen molar-refractivity contribution in [1.82, 2.24) is 5.32 Å². The minimum Gasteiger partial charge on any atom is -0.508 e. The number of nitrogens with one attached hydrogen (secondary N) is 1. The molecule has 2 aliphatic rings. The summed E-state index contributed by atoms with van der Waals surface area (Å²) in [6.45, 7) is 3.52. The summed E-state index contributed by atoms with van der Waals surface area (Å²) in [5.41, 5.74) is 6.44. The van der Waals surface area contributed by atoms with Crippen molar-refractivity contribution in [2.75, 3.05) is 38.8 Å². The smallest absolute Gasteiger partial charge is 0.120 e. The van der Waals surface area contributed by atoms with E-state index in [2.05, 4.69) is 65.8 Å². The van der Waals surface area contributed by atoms with Gasteiger partial charge in [0.2, 0.25) is 0 Å². The molecule has 5 heteroatoms. The Morgan fingerprint density at radius 1 is 0.897 bits per heavy atom. The number of aryl methyl sites for hydroxylation is 1. The first-order chi connectivity index (χ1) is 19.1. The van der Waals surface area contributed by atoms with Crippen molar-refractivity contribution in [3.8, 4) is 17.2 Å². The third-order valence-corrected chi connectivity index (χ3v) is 8.56. The molecule has 0 bridgehead atoms. The Hall–Kier alpha value is -3.18. The number of phenols is 1. The minimum absolute atomic E-state index is 0.361. The summed E-state index contributed by atoms with van der Waals surface area (Å²) >= 11 is 0. The lowest BCUT2D eigenvalue weighted by atomic mass is 9.79. The number of aromatic hydroxyl groups is 1. The molecule has 0 heterocycles. The molecule has 0 amide bonds. The van der Waals surface area contributed by atoms with E-state index >= 15 is 0 Å². The zero-order valence-electron chi connectivity index (χ0n) is 23.6. The maximum Gasteiger partial charge on any atom is 0.120 e. The predicted octanol–water partition coefficient (Wildman–Crippen LogP) is 6.86. The number of hydrogen-bond acceptors (Lipinski definition) is 5. The van der Waals surface area contributed by atoms with Crippen molar-refractivity contribution in [2.24, 2.45) is 5.92 Å². The van der Waals surface area contributed by atoms with Gasteiger partial charge in [-0.15, -0.1) is 0 Å². The summed E-state index contributed by atoms with van der Waals surface area (Å²) in [5, 5.41) is 13.5. The van der Waals surface area contributed by atoms with Crippen LogP contribution in [0.4, 0.5) is 5.69 Å². The molecule has 0 aliphatic heterocycles. The summed E-state index contributed by atoms with van der Waals surface area (Å²) in [5.74, 6) is 3.45. The second-order valence-corrected chi connectivity index (χ2v) is 11.4. The van der Waals surface area contributed by atoms with E-state index in [4.69, 9.17) is 9.47 Å². The zero-order chi connectivity index (χ0) is 27.0. The fourth-order valence-corrected chi connectivity index (χ4v) is 6.32. The number of hydrogen-bond donors (Lipinski definition) is 2. The molecule has 1 fully saturated rings. The Bertz CT molecular complexity index is 1200. The number of fused-ring (bicyclic) bond motifs is 1. The van der Waals surface area contributed by atoms with E-state index in [0.717, 1.165) is 56.3 Å². The summed E-state index contributed by atoms with van der Waals surface area (Å²) < 4.78 is 11.6. The van der Waals surface area contributed by atoms with Gasteiger partial charge in [0.05, 0.1) is 7.11 Å². The lowest BCUT2D eigenvalue weighted by Crippen LogP contribution is -2.28. The summed E-state index contributed by atoms with van der Waals surface area (Å²) in [6.07, 6.45) is 10.0. The third kappa shape index (κ3) is 7.27. The van der Waals surface area contributed by atoms with E-state index < -0.39 is 0 Å². The highest BCUT2D eigenvalue weighted by Gasteiger charge is 2.24. The van der Waals surface area contributed by atoms with Crippen LogP contribution in [0.25, 0.3) is 0 Å². The topological polar surface area (TPSA) is 54.0 Å². The molecule has 5 rings (SSSR count). The first kappa shape index (κ1) is 27.4. The number of methoxy groups -OCH3 is 1.